The summed E-state index contributed by atoms with van der Waals surface area (Å²) >= 11 is 0. The topological polar surface area (TPSA) is 151 Å². The molecule has 0 aromatic rings. The van der Waals surface area contributed by atoms with Crippen molar-refractivity contribution in [3.63, 3.8) is 0 Å². The molecule has 1 amide bonds. The van der Waals surface area contributed by atoms with Gasteiger partial charge in [0.1, 0.15) is 0 Å². The fourth-order valence-electron chi connectivity index (χ4n) is 6.53. The zero-order chi connectivity index (χ0) is 37.0. The number of unbranched alkanes of at least 4 members (excludes halogenated alkanes) is 26. The van der Waals surface area contributed by atoms with Gasteiger partial charge in [-0.1, -0.05) is 194 Å². The molecule has 0 radical (unpaired) electrons. The molecule has 300 valence electrons. The van der Waals surface area contributed by atoms with E-state index in [1.165, 1.54) is 141 Å². The number of aliphatic hydroxyl groups is 2. The normalized spacial score (nSPS) is 14.8. The fraction of sp³-hybridized carbons (Fsp3) is 0.975. The van der Waals surface area contributed by atoms with Crippen LogP contribution in [0.5, 0.6) is 0 Å². The average molecular weight is 735 g/mol. The summed E-state index contributed by atoms with van der Waals surface area (Å²) in [6.07, 6.45) is 34.2. The highest BCUT2D eigenvalue weighted by Gasteiger charge is 2.28. The number of nitrogens with one attached hydrogen (secondary N) is 1. The average Bonchev–Trinajstić information content (AvgIpc) is 3.09. The van der Waals surface area contributed by atoms with E-state index in [-0.39, 0.29) is 26.2 Å². The maximum absolute atomic E-state index is 12.8. The zero-order valence-electron chi connectivity index (χ0n) is 32.8. The van der Waals surface area contributed by atoms with Crippen molar-refractivity contribution in [2.45, 2.75) is 231 Å². The Morgan fingerprint density at radius 3 is 1.34 bits per heavy atom. The summed E-state index contributed by atoms with van der Waals surface area (Å²) in [5.74, 6) is -0.410. The summed E-state index contributed by atoms with van der Waals surface area (Å²) in [5, 5.41) is 24.1. The van der Waals surface area contributed by atoms with E-state index in [1.807, 2.05) is 0 Å². The summed E-state index contributed by atoms with van der Waals surface area (Å²) < 4.78 is 22.1. The van der Waals surface area contributed by atoms with E-state index in [2.05, 4.69) is 19.2 Å². The van der Waals surface area contributed by atoms with Gasteiger partial charge >= 0.3 is 7.82 Å². The molecule has 0 rings (SSSR count). The third-order valence-corrected chi connectivity index (χ3v) is 10.7. The molecule has 0 saturated carbocycles. The molecule has 0 spiro atoms. The lowest BCUT2D eigenvalue weighted by Gasteiger charge is -2.25. The predicted octanol–water partition coefficient (Wildman–Crippen LogP) is 10.4. The molecule has 0 bridgehead atoms. The Labute approximate surface area is 308 Å². The van der Waals surface area contributed by atoms with Crippen molar-refractivity contribution >= 4 is 13.7 Å². The molecule has 4 atom stereocenters. The number of hydrogen-bond acceptors (Lipinski definition) is 7. The summed E-state index contributed by atoms with van der Waals surface area (Å²) in [6, 6.07) is -0.889. The molecule has 0 aliphatic heterocycles. The van der Waals surface area contributed by atoms with E-state index < -0.39 is 32.0 Å². The van der Waals surface area contributed by atoms with Gasteiger partial charge in [-0.25, -0.2) is 4.57 Å². The largest absolute Gasteiger partial charge is 0.472 e. The summed E-state index contributed by atoms with van der Waals surface area (Å²) in [5.41, 5.74) is 5.36. The van der Waals surface area contributed by atoms with Gasteiger partial charge in [-0.05, 0) is 12.8 Å². The van der Waals surface area contributed by atoms with Crippen LogP contribution in [0.3, 0.4) is 0 Å². The van der Waals surface area contributed by atoms with Gasteiger partial charge in [0.05, 0.1) is 37.9 Å². The lowest BCUT2D eigenvalue weighted by atomic mass is 10.0. The highest BCUT2D eigenvalue weighted by Crippen LogP contribution is 2.43. The van der Waals surface area contributed by atoms with Crippen LogP contribution in [-0.2, 0) is 18.4 Å². The van der Waals surface area contributed by atoms with Crippen molar-refractivity contribution in [2.24, 2.45) is 5.73 Å². The van der Waals surface area contributed by atoms with Crippen LogP contribution in [0, 0.1) is 0 Å². The van der Waals surface area contributed by atoms with Crippen LogP contribution in [0.2, 0.25) is 0 Å². The van der Waals surface area contributed by atoms with Crippen molar-refractivity contribution in [1.82, 2.24) is 5.32 Å². The Balaban J connectivity index is 4.27. The molecule has 6 N–H and O–H groups in total. The van der Waals surface area contributed by atoms with Gasteiger partial charge < -0.3 is 26.2 Å². The van der Waals surface area contributed by atoms with Crippen LogP contribution in [-0.4, -0.2) is 59.0 Å². The quantitative estimate of drug-likeness (QED) is 0.0308. The second-order valence-electron chi connectivity index (χ2n) is 14.8. The molecule has 0 saturated heterocycles. The molecule has 9 nitrogen and oxygen atoms in total. The van der Waals surface area contributed by atoms with Crippen molar-refractivity contribution in [3.05, 3.63) is 0 Å². The van der Waals surface area contributed by atoms with E-state index in [0.29, 0.717) is 12.8 Å². The number of phosphoric ester groups is 1. The van der Waals surface area contributed by atoms with E-state index in [9.17, 15) is 24.5 Å². The number of nitrogens with two attached hydrogens (primary N) is 1. The highest BCUT2D eigenvalue weighted by atomic mass is 31.2. The molecule has 0 aromatic heterocycles. The summed E-state index contributed by atoms with van der Waals surface area (Å²) in [4.78, 5) is 22.7. The molecule has 4 unspecified atom stereocenters. The maximum Gasteiger partial charge on any atom is 0.472 e. The number of amides is 1. The Morgan fingerprint density at radius 1 is 0.600 bits per heavy atom. The van der Waals surface area contributed by atoms with Crippen LogP contribution in [0.1, 0.15) is 213 Å². The smallest absolute Gasteiger partial charge is 0.393 e. The van der Waals surface area contributed by atoms with Crippen molar-refractivity contribution < 1.29 is 33.5 Å². The van der Waals surface area contributed by atoms with E-state index in [1.54, 1.807) is 0 Å². The SMILES string of the molecule is CCCCCCCCCCCCCCCCCC(O)C(COP(=O)(O)OCCN)NC(=O)CC(O)CCCCCCCCCCCCCCC. The number of phosphoric acid groups is 1. The molecule has 0 fully saturated rings. The first kappa shape index (κ1) is 49.5. The number of rotatable bonds is 40. The molecule has 50 heavy (non-hydrogen) atoms. The Morgan fingerprint density at radius 2 is 0.960 bits per heavy atom. The van der Waals surface area contributed by atoms with Crippen LogP contribution in [0.15, 0.2) is 0 Å². The molecular formula is C40H83N2O7P. The van der Waals surface area contributed by atoms with Crippen molar-refractivity contribution in [2.75, 3.05) is 19.8 Å². The van der Waals surface area contributed by atoms with Crippen LogP contribution in [0.25, 0.3) is 0 Å². The zero-order valence-corrected chi connectivity index (χ0v) is 33.7. The van der Waals surface area contributed by atoms with E-state index >= 15 is 0 Å². The van der Waals surface area contributed by atoms with Gasteiger partial charge in [0, 0.05) is 6.54 Å². The maximum atomic E-state index is 12.8. The first-order valence-corrected chi connectivity index (χ1v) is 22.7. The number of carbonyl (C=O) groups excluding carboxylic acids is 1. The van der Waals surface area contributed by atoms with Crippen LogP contribution >= 0.6 is 7.82 Å². The number of carbonyl (C=O) groups is 1. The molecule has 0 aromatic carbocycles. The third kappa shape index (κ3) is 34.5. The fourth-order valence-corrected chi connectivity index (χ4v) is 7.29. The lowest BCUT2D eigenvalue weighted by molar-refractivity contribution is -0.125. The molecule has 0 aliphatic rings. The molecule has 0 aliphatic carbocycles. The number of hydrogen-bond donors (Lipinski definition) is 5. The van der Waals surface area contributed by atoms with E-state index in [0.717, 1.165) is 38.5 Å². The van der Waals surface area contributed by atoms with Gasteiger partial charge in [-0.3, -0.25) is 13.8 Å². The van der Waals surface area contributed by atoms with Crippen molar-refractivity contribution in [1.29, 1.82) is 0 Å². The van der Waals surface area contributed by atoms with Gasteiger partial charge in [0.2, 0.25) is 5.91 Å². The summed E-state index contributed by atoms with van der Waals surface area (Å²) in [6.45, 7) is 4.06. The Kier molecular flexibility index (Phi) is 36.4. The van der Waals surface area contributed by atoms with Crippen LogP contribution in [0.4, 0.5) is 0 Å². The molecule has 0 heterocycles. The standard InChI is InChI=1S/C40H83N2O7P/c1-3-5-7-9-11-13-15-17-18-20-22-24-26-28-30-32-39(44)38(36-49-50(46,47)48-34-33-41)42-40(45)35-37(43)31-29-27-25-23-21-19-16-14-12-10-8-6-4-2/h37-39,43-44H,3-36,41H2,1-2H3,(H,42,45)(H,46,47). The van der Waals surface area contributed by atoms with Gasteiger partial charge in [0.25, 0.3) is 0 Å². The van der Waals surface area contributed by atoms with Gasteiger partial charge in [-0.2, -0.15) is 0 Å². The minimum absolute atomic E-state index is 0.0625. The Hall–Kier alpha value is -0.540. The monoisotopic (exact) mass is 735 g/mol. The summed E-state index contributed by atoms with van der Waals surface area (Å²) in [7, 11) is -4.37. The number of aliphatic hydroxyl groups excluding tert-OH is 2. The minimum Gasteiger partial charge on any atom is -0.393 e. The second kappa shape index (κ2) is 36.8. The third-order valence-electron chi connectivity index (χ3n) is 9.77. The van der Waals surface area contributed by atoms with Gasteiger partial charge in [0.15, 0.2) is 0 Å². The van der Waals surface area contributed by atoms with Crippen LogP contribution < -0.4 is 11.1 Å². The highest BCUT2D eigenvalue weighted by molar-refractivity contribution is 7.47. The first-order chi connectivity index (χ1) is 24.3. The predicted molar refractivity (Wildman–Crippen MR) is 209 cm³/mol. The first-order valence-electron chi connectivity index (χ1n) is 21.2. The lowest BCUT2D eigenvalue weighted by Crippen LogP contribution is -2.47. The molecular weight excluding hydrogens is 651 g/mol. The Bertz CT molecular complexity index is 776. The molecule has 10 heteroatoms. The minimum atomic E-state index is -4.37. The second-order valence-corrected chi connectivity index (χ2v) is 16.2. The van der Waals surface area contributed by atoms with Gasteiger partial charge in [-0.15, -0.1) is 0 Å². The van der Waals surface area contributed by atoms with E-state index in [4.69, 9.17) is 14.8 Å². The van der Waals surface area contributed by atoms with Crippen molar-refractivity contribution in [3.8, 4) is 0 Å².